The Balaban J connectivity index is 1.67. The SMILES string of the molecule is CCN(CC)C(=O)C1=C(C)N=c2s/c(=C\c3cc(Br)c(Sc4nccc(C)n4)o3)c(=O)n2[C@H]1c1cc(OC)ccc1OC. The molecule has 0 aliphatic carbocycles. The molecule has 224 valence electrons. The Labute approximate surface area is 264 Å². The number of furan rings is 1. The third-order valence-corrected chi connectivity index (χ3v) is 9.64. The lowest BCUT2D eigenvalue weighted by Gasteiger charge is -2.30. The van der Waals surface area contributed by atoms with E-state index in [4.69, 9.17) is 18.9 Å². The van der Waals surface area contributed by atoms with Gasteiger partial charge in [-0.05, 0) is 85.7 Å². The van der Waals surface area contributed by atoms with Crippen LogP contribution in [-0.4, -0.2) is 52.7 Å². The van der Waals surface area contributed by atoms with Crippen molar-refractivity contribution in [3.63, 3.8) is 0 Å². The summed E-state index contributed by atoms with van der Waals surface area (Å²) in [6.07, 6.45) is 3.37. The van der Waals surface area contributed by atoms with Gasteiger partial charge in [0.05, 0.1) is 34.5 Å². The summed E-state index contributed by atoms with van der Waals surface area (Å²) in [5, 5.41) is 1.11. The minimum Gasteiger partial charge on any atom is -0.497 e. The fourth-order valence-corrected chi connectivity index (χ4v) is 7.16. The van der Waals surface area contributed by atoms with Crippen molar-refractivity contribution >= 4 is 51.0 Å². The van der Waals surface area contributed by atoms with Crippen molar-refractivity contribution in [3.05, 3.63) is 89.0 Å². The quantitative estimate of drug-likeness (QED) is 0.233. The monoisotopic (exact) mass is 683 g/mol. The molecule has 1 aromatic carbocycles. The molecule has 1 amide bonds. The molecule has 10 nitrogen and oxygen atoms in total. The summed E-state index contributed by atoms with van der Waals surface area (Å²) in [6.45, 7) is 8.57. The summed E-state index contributed by atoms with van der Waals surface area (Å²) in [6, 6.07) is 8.18. The van der Waals surface area contributed by atoms with Gasteiger partial charge in [-0.1, -0.05) is 11.3 Å². The van der Waals surface area contributed by atoms with Crippen LogP contribution >= 0.6 is 39.0 Å². The number of thiazole rings is 1. The van der Waals surface area contributed by atoms with Gasteiger partial charge in [0.1, 0.15) is 23.3 Å². The largest absolute Gasteiger partial charge is 0.497 e. The van der Waals surface area contributed by atoms with Crippen LogP contribution in [0.2, 0.25) is 0 Å². The molecule has 4 heterocycles. The van der Waals surface area contributed by atoms with Gasteiger partial charge in [0, 0.05) is 36.6 Å². The molecule has 3 aromatic heterocycles. The van der Waals surface area contributed by atoms with Crippen molar-refractivity contribution in [3.8, 4) is 11.5 Å². The fourth-order valence-electron chi connectivity index (χ4n) is 4.82. The minimum atomic E-state index is -0.788. The predicted octanol–water partition coefficient (Wildman–Crippen LogP) is 4.73. The molecule has 5 rings (SSSR count). The molecule has 0 unspecified atom stereocenters. The van der Waals surface area contributed by atoms with E-state index in [-0.39, 0.29) is 11.5 Å². The maximum Gasteiger partial charge on any atom is 0.271 e. The van der Waals surface area contributed by atoms with E-state index >= 15 is 0 Å². The number of aromatic nitrogens is 3. The van der Waals surface area contributed by atoms with Gasteiger partial charge in [-0.25, -0.2) is 15.0 Å². The van der Waals surface area contributed by atoms with Crippen LogP contribution in [0.4, 0.5) is 0 Å². The molecule has 43 heavy (non-hydrogen) atoms. The molecule has 0 radical (unpaired) electrons. The lowest BCUT2D eigenvalue weighted by molar-refractivity contribution is -0.127. The zero-order valence-electron chi connectivity index (χ0n) is 24.5. The number of carbonyl (C=O) groups excluding carboxylic acids is 1. The number of rotatable bonds is 9. The molecule has 0 N–H and O–H groups in total. The first-order chi connectivity index (χ1) is 20.7. The van der Waals surface area contributed by atoms with Gasteiger partial charge >= 0.3 is 0 Å². The second kappa shape index (κ2) is 12.9. The van der Waals surface area contributed by atoms with Gasteiger partial charge in [-0.3, -0.25) is 14.2 Å². The Morgan fingerprint density at radius 1 is 1.19 bits per heavy atom. The average molecular weight is 685 g/mol. The highest BCUT2D eigenvalue weighted by atomic mass is 79.9. The van der Waals surface area contributed by atoms with E-state index < -0.39 is 6.04 Å². The van der Waals surface area contributed by atoms with Crippen molar-refractivity contribution in [1.82, 2.24) is 19.4 Å². The summed E-state index contributed by atoms with van der Waals surface area (Å²) in [5.41, 5.74) is 2.11. The van der Waals surface area contributed by atoms with E-state index in [1.54, 1.807) is 67.1 Å². The maximum atomic E-state index is 14.1. The zero-order chi connectivity index (χ0) is 30.8. The van der Waals surface area contributed by atoms with Crippen LogP contribution in [0.15, 0.2) is 76.7 Å². The Bertz CT molecular complexity index is 1910. The van der Waals surface area contributed by atoms with Gasteiger partial charge < -0.3 is 18.8 Å². The van der Waals surface area contributed by atoms with Crippen molar-refractivity contribution in [2.75, 3.05) is 27.3 Å². The lowest BCUT2D eigenvalue weighted by atomic mass is 9.93. The number of likely N-dealkylation sites (N-methyl/N-ethyl adjacent to an activating group) is 1. The third kappa shape index (κ3) is 6.06. The maximum absolute atomic E-state index is 14.1. The number of amides is 1. The predicted molar refractivity (Wildman–Crippen MR) is 169 cm³/mol. The third-order valence-electron chi connectivity index (χ3n) is 6.94. The number of halogens is 1. The van der Waals surface area contributed by atoms with E-state index in [0.29, 0.717) is 71.2 Å². The average Bonchev–Trinajstić information content (AvgIpc) is 3.49. The van der Waals surface area contributed by atoms with Crippen molar-refractivity contribution in [2.45, 2.75) is 44.0 Å². The summed E-state index contributed by atoms with van der Waals surface area (Å²) >= 11 is 6.05. The van der Waals surface area contributed by atoms with Crippen LogP contribution < -0.4 is 24.4 Å². The molecule has 0 fully saturated rings. The highest BCUT2D eigenvalue weighted by molar-refractivity contribution is 9.10. The number of carbonyl (C=O) groups is 1. The topological polar surface area (TPSA) is 112 Å². The lowest BCUT2D eigenvalue weighted by Crippen LogP contribution is -2.43. The van der Waals surface area contributed by atoms with Crippen molar-refractivity contribution < 1.29 is 18.7 Å². The Morgan fingerprint density at radius 3 is 2.63 bits per heavy atom. The number of benzene rings is 1. The zero-order valence-corrected chi connectivity index (χ0v) is 27.7. The molecule has 1 aliphatic rings. The standard InChI is InChI=1S/C30H30BrN5O5S2/c1-7-35(8-2)27(38)24-17(4)34-30-36(25(24)20-13-18(39-5)9-10-22(20)40-6)26(37)23(42-30)15-19-14-21(31)28(41-19)43-29-32-12-11-16(3)33-29/h9-15,25H,7-8H2,1-6H3/b23-15-/t25-/m0/s1. The molecule has 0 saturated carbocycles. The van der Waals surface area contributed by atoms with E-state index in [1.165, 1.54) is 23.1 Å². The summed E-state index contributed by atoms with van der Waals surface area (Å²) in [7, 11) is 3.13. The van der Waals surface area contributed by atoms with E-state index in [0.717, 1.165) is 5.69 Å². The van der Waals surface area contributed by atoms with Crippen LogP contribution in [-0.2, 0) is 4.79 Å². The van der Waals surface area contributed by atoms with Crippen LogP contribution in [0.3, 0.4) is 0 Å². The van der Waals surface area contributed by atoms with Crippen molar-refractivity contribution in [1.29, 1.82) is 0 Å². The molecule has 13 heteroatoms. The Hall–Kier alpha value is -3.68. The molecule has 1 aliphatic heterocycles. The Kier molecular flexibility index (Phi) is 9.23. The van der Waals surface area contributed by atoms with E-state index in [9.17, 15) is 9.59 Å². The second-order valence-electron chi connectivity index (χ2n) is 9.53. The molecule has 0 spiro atoms. The summed E-state index contributed by atoms with van der Waals surface area (Å²) < 4.78 is 20.0. The number of nitrogens with zero attached hydrogens (tertiary/aromatic N) is 5. The molecule has 4 aromatic rings. The first-order valence-corrected chi connectivity index (χ1v) is 15.9. The van der Waals surface area contributed by atoms with Crippen LogP contribution in [0.1, 0.15) is 43.8 Å². The number of methoxy groups -OCH3 is 2. The first-order valence-electron chi connectivity index (χ1n) is 13.5. The van der Waals surface area contributed by atoms with E-state index in [1.807, 2.05) is 26.8 Å². The van der Waals surface area contributed by atoms with Gasteiger partial charge in [-0.2, -0.15) is 0 Å². The second-order valence-corrected chi connectivity index (χ2v) is 12.3. The molecule has 0 bridgehead atoms. The van der Waals surface area contributed by atoms with Gasteiger partial charge in [-0.15, -0.1) is 0 Å². The fraction of sp³-hybridized carbons (Fsp3) is 0.300. The molecule has 0 saturated heterocycles. The number of hydrogen-bond acceptors (Lipinski definition) is 10. The highest BCUT2D eigenvalue weighted by Gasteiger charge is 2.36. The van der Waals surface area contributed by atoms with E-state index in [2.05, 4.69) is 25.9 Å². The number of hydrogen-bond donors (Lipinski definition) is 0. The highest BCUT2D eigenvalue weighted by Crippen LogP contribution is 2.38. The minimum absolute atomic E-state index is 0.189. The number of fused-ring (bicyclic) bond motifs is 1. The number of ether oxygens (including phenoxy) is 2. The smallest absolute Gasteiger partial charge is 0.271 e. The van der Waals surface area contributed by atoms with Crippen LogP contribution in [0.5, 0.6) is 11.5 Å². The number of allylic oxidation sites excluding steroid dienone is 1. The summed E-state index contributed by atoms with van der Waals surface area (Å²) in [5.74, 6) is 1.38. The molecule has 1 atom stereocenters. The molecular weight excluding hydrogens is 654 g/mol. The van der Waals surface area contributed by atoms with Gasteiger partial charge in [0.15, 0.2) is 15.1 Å². The Morgan fingerprint density at radius 2 is 1.95 bits per heavy atom. The van der Waals surface area contributed by atoms with Gasteiger partial charge in [0.2, 0.25) is 0 Å². The van der Waals surface area contributed by atoms with Crippen molar-refractivity contribution in [2.24, 2.45) is 4.99 Å². The summed E-state index contributed by atoms with van der Waals surface area (Å²) in [4.78, 5) is 43.7. The first kappa shape index (κ1) is 30.8. The van der Waals surface area contributed by atoms with Gasteiger partial charge in [0.25, 0.3) is 11.5 Å². The van der Waals surface area contributed by atoms with Crippen LogP contribution in [0, 0.1) is 6.92 Å². The number of aryl methyl sites for hydroxylation is 1. The molecular formula is C30H30BrN5O5S2. The van der Waals surface area contributed by atoms with Crippen LogP contribution in [0.25, 0.3) is 6.08 Å². The normalized spacial score (nSPS) is 14.9.